The summed E-state index contributed by atoms with van der Waals surface area (Å²) >= 11 is 0. The zero-order chi connectivity index (χ0) is 6.97. The Morgan fingerprint density at radius 2 is 2.30 bits per heavy atom. The van der Waals surface area contributed by atoms with Crippen molar-refractivity contribution in [2.75, 3.05) is 19.6 Å². The van der Waals surface area contributed by atoms with Crippen LogP contribution >= 0.6 is 0 Å². The van der Waals surface area contributed by atoms with Gasteiger partial charge in [0.2, 0.25) is 0 Å². The highest BCUT2D eigenvalue weighted by molar-refractivity contribution is 4.90. The van der Waals surface area contributed by atoms with Gasteiger partial charge in [-0.15, -0.1) is 0 Å². The number of nitrogens with one attached hydrogen (secondary N) is 1. The van der Waals surface area contributed by atoms with Crippen LogP contribution in [0.25, 0.3) is 0 Å². The van der Waals surface area contributed by atoms with Crippen molar-refractivity contribution in [2.24, 2.45) is 0 Å². The molecule has 0 aromatic rings. The lowest BCUT2D eigenvalue weighted by molar-refractivity contribution is 0.171. The minimum absolute atomic E-state index is 0.733. The van der Waals surface area contributed by atoms with Gasteiger partial charge in [-0.2, -0.15) is 0 Å². The fraction of sp³-hybridized carbons (Fsp3) is 1.00. The van der Waals surface area contributed by atoms with E-state index < -0.39 is 0 Å². The topological polar surface area (TPSA) is 15.3 Å². The van der Waals surface area contributed by atoms with E-state index >= 15 is 0 Å². The maximum atomic E-state index is 3.51. The Balaban J connectivity index is 2.03. The largest absolute Gasteiger partial charge is 0.311 e. The summed E-state index contributed by atoms with van der Waals surface area (Å²) in [6.07, 6.45) is 2.82. The van der Waals surface area contributed by atoms with Gasteiger partial charge in [-0.25, -0.2) is 0 Å². The number of hydrogen-bond donors (Lipinski definition) is 1. The fourth-order valence-electron chi connectivity index (χ4n) is 2.27. The molecule has 0 amide bonds. The zero-order valence-corrected chi connectivity index (χ0v) is 6.64. The summed E-state index contributed by atoms with van der Waals surface area (Å²) in [7, 11) is 0. The molecule has 0 saturated carbocycles. The van der Waals surface area contributed by atoms with Gasteiger partial charge in [0.15, 0.2) is 0 Å². The predicted molar refractivity (Wildman–Crippen MR) is 42.1 cm³/mol. The summed E-state index contributed by atoms with van der Waals surface area (Å²) in [6, 6.07) is 1.59. The van der Waals surface area contributed by atoms with Crippen molar-refractivity contribution >= 4 is 0 Å². The highest BCUT2D eigenvalue weighted by Crippen LogP contribution is 2.21. The summed E-state index contributed by atoms with van der Waals surface area (Å²) in [5.74, 6) is 0. The van der Waals surface area contributed by atoms with E-state index in [2.05, 4.69) is 17.1 Å². The minimum Gasteiger partial charge on any atom is -0.311 e. The van der Waals surface area contributed by atoms with Crippen LogP contribution in [0.1, 0.15) is 19.8 Å². The summed E-state index contributed by atoms with van der Waals surface area (Å²) in [6.45, 7) is 6.12. The molecular weight excluding hydrogens is 124 g/mol. The standard InChI is InChI=1S/C8H16N2/c1-7-8-3-2-5-10(8)6-4-9-7/h7-9H,2-6H2,1H3/t7-,8?/m0/s1. The van der Waals surface area contributed by atoms with Gasteiger partial charge in [0, 0.05) is 25.2 Å². The molecule has 2 nitrogen and oxygen atoms in total. The number of nitrogens with zero attached hydrogens (tertiary/aromatic N) is 1. The van der Waals surface area contributed by atoms with Crippen LogP contribution in [0.3, 0.4) is 0 Å². The molecule has 10 heavy (non-hydrogen) atoms. The molecular formula is C8H16N2. The van der Waals surface area contributed by atoms with Gasteiger partial charge >= 0.3 is 0 Å². The van der Waals surface area contributed by atoms with E-state index in [1.165, 1.54) is 32.5 Å². The van der Waals surface area contributed by atoms with Crippen molar-refractivity contribution in [2.45, 2.75) is 31.8 Å². The van der Waals surface area contributed by atoms with Gasteiger partial charge in [0.1, 0.15) is 0 Å². The summed E-state index contributed by atoms with van der Waals surface area (Å²) < 4.78 is 0. The van der Waals surface area contributed by atoms with Crippen LogP contribution in [0.4, 0.5) is 0 Å². The smallest absolute Gasteiger partial charge is 0.0247 e. The molecule has 0 bridgehead atoms. The van der Waals surface area contributed by atoms with Crippen LogP contribution in [-0.4, -0.2) is 36.6 Å². The third-order valence-corrected chi connectivity index (χ3v) is 2.86. The van der Waals surface area contributed by atoms with Crippen LogP contribution in [0.2, 0.25) is 0 Å². The third-order valence-electron chi connectivity index (χ3n) is 2.86. The first-order valence-corrected chi connectivity index (χ1v) is 4.35. The molecule has 2 heteroatoms. The molecule has 2 heterocycles. The first-order valence-electron chi connectivity index (χ1n) is 4.35. The average molecular weight is 140 g/mol. The number of fused-ring (bicyclic) bond motifs is 1. The van der Waals surface area contributed by atoms with E-state index in [4.69, 9.17) is 0 Å². The lowest BCUT2D eigenvalue weighted by Crippen LogP contribution is -2.53. The van der Waals surface area contributed by atoms with E-state index in [-0.39, 0.29) is 0 Å². The first-order chi connectivity index (χ1) is 4.88. The van der Waals surface area contributed by atoms with Gasteiger partial charge < -0.3 is 5.32 Å². The molecule has 1 N–H and O–H groups in total. The van der Waals surface area contributed by atoms with Crippen molar-refractivity contribution < 1.29 is 0 Å². The quantitative estimate of drug-likeness (QED) is 0.525. The van der Waals surface area contributed by atoms with E-state index in [1.54, 1.807) is 0 Å². The van der Waals surface area contributed by atoms with Crippen molar-refractivity contribution in [1.29, 1.82) is 0 Å². The monoisotopic (exact) mass is 140 g/mol. The molecule has 2 saturated heterocycles. The normalized spacial score (nSPS) is 41.7. The van der Waals surface area contributed by atoms with Gasteiger partial charge in [-0.05, 0) is 26.3 Å². The lowest BCUT2D eigenvalue weighted by Gasteiger charge is -2.35. The molecule has 2 aliphatic rings. The fourth-order valence-corrected chi connectivity index (χ4v) is 2.27. The number of hydrogen-bond acceptors (Lipinski definition) is 2. The molecule has 58 valence electrons. The Bertz CT molecular complexity index is 124. The Labute approximate surface area is 62.6 Å². The number of piperazine rings is 1. The van der Waals surface area contributed by atoms with Gasteiger partial charge in [0.05, 0.1) is 0 Å². The lowest BCUT2D eigenvalue weighted by atomic mass is 10.1. The average Bonchev–Trinajstić information content (AvgIpc) is 2.36. The molecule has 0 radical (unpaired) electrons. The molecule has 2 rings (SSSR count). The third kappa shape index (κ3) is 0.956. The Morgan fingerprint density at radius 1 is 1.40 bits per heavy atom. The molecule has 1 unspecified atom stereocenters. The Kier molecular flexibility index (Phi) is 1.66. The van der Waals surface area contributed by atoms with Gasteiger partial charge in [-0.3, -0.25) is 4.90 Å². The second-order valence-corrected chi connectivity index (χ2v) is 3.49. The SMILES string of the molecule is C[C@@H]1NCCN2CCCC12. The predicted octanol–water partition coefficient (Wildman–Crippen LogP) is 0.442. The molecule has 2 atom stereocenters. The van der Waals surface area contributed by atoms with Crippen LogP contribution in [0.5, 0.6) is 0 Å². The summed E-state index contributed by atoms with van der Waals surface area (Å²) in [5, 5.41) is 3.51. The molecule has 0 aliphatic carbocycles. The van der Waals surface area contributed by atoms with Crippen LogP contribution in [0, 0.1) is 0 Å². The van der Waals surface area contributed by atoms with E-state index in [1.807, 2.05) is 0 Å². The molecule has 0 aromatic carbocycles. The van der Waals surface area contributed by atoms with E-state index in [9.17, 15) is 0 Å². The minimum atomic E-state index is 0.733. The Hall–Kier alpha value is -0.0800. The molecule has 0 spiro atoms. The van der Waals surface area contributed by atoms with Crippen LogP contribution in [-0.2, 0) is 0 Å². The highest BCUT2D eigenvalue weighted by Gasteiger charge is 2.31. The second-order valence-electron chi connectivity index (χ2n) is 3.49. The number of rotatable bonds is 0. The van der Waals surface area contributed by atoms with Crippen LogP contribution in [0.15, 0.2) is 0 Å². The van der Waals surface area contributed by atoms with Crippen molar-refractivity contribution in [3.63, 3.8) is 0 Å². The van der Waals surface area contributed by atoms with Crippen molar-refractivity contribution in [3.05, 3.63) is 0 Å². The highest BCUT2D eigenvalue weighted by atomic mass is 15.2. The van der Waals surface area contributed by atoms with Crippen molar-refractivity contribution in [3.8, 4) is 0 Å². The Morgan fingerprint density at radius 3 is 3.10 bits per heavy atom. The second kappa shape index (κ2) is 2.51. The summed E-state index contributed by atoms with van der Waals surface area (Å²) in [5.41, 5.74) is 0. The van der Waals surface area contributed by atoms with E-state index in [0.717, 1.165) is 12.1 Å². The van der Waals surface area contributed by atoms with E-state index in [0.29, 0.717) is 0 Å². The maximum Gasteiger partial charge on any atom is 0.0247 e. The van der Waals surface area contributed by atoms with Gasteiger partial charge in [-0.1, -0.05) is 0 Å². The van der Waals surface area contributed by atoms with Gasteiger partial charge in [0.25, 0.3) is 0 Å². The van der Waals surface area contributed by atoms with Crippen molar-refractivity contribution in [1.82, 2.24) is 10.2 Å². The van der Waals surface area contributed by atoms with Crippen LogP contribution < -0.4 is 5.32 Å². The maximum absolute atomic E-state index is 3.51. The zero-order valence-electron chi connectivity index (χ0n) is 6.64. The molecule has 0 aromatic heterocycles. The molecule has 2 aliphatic heterocycles. The molecule has 2 fully saturated rings. The summed E-state index contributed by atoms with van der Waals surface area (Å²) in [4.78, 5) is 2.63. The first kappa shape index (κ1) is 6.62.